The van der Waals surface area contributed by atoms with Gasteiger partial charge < -0.3 is 5.73 Å². The van der Waals surface area contributed by atoms with Gasteiger partial charge in [-0.15, -0.1) is 0 Å². The van der Waals surface area contributed by atoms with Gasteiger partial charge in [-0.1, -0.05) is 6.92 Å². The molecule has 1 heterocycles. The summed E-state index contributed by atoms with van der Waals surface area (Å²) >= 11 is 0. The van der Waals surface area contributed by atoms with Crippen LogP contribution in [0.3, 0.4) is 0 Å². The van der Waals surface area contributed by atoms with Crippen molar-refractivity contribution in [1.29, 1.82) is 0 Å². The molecule has 2 N–H and O–H groups in total. The van der Waals surface area contributed by atoms with Crippen molar-refractivity contribution in [3.05, 3.63) is 12.2 Å². The summed E-state index contributed by atoms with van der Waals surface area (Å²) in [5, 5.41) is 4.28. The van der Waals surface area contributed by atoms with E-state index in [0.29, 0.717) is 12.6 Å². The van der Waals surface area contributed by atoms with Crippen molar-refractivity contribution in [2.45, 2.75) is 59.2 Å². The number of hydrogen-bond donors (Lipinski definition) is 1. The molecule has 1 aromatic rings. The Morgan fingerprint density at radius 1 is 1.44 bits per heavy atom. The molecule has 0 saturated heterocycles. The predicted molar refractivity (Wildman–Crippen MR) is 74.2 cm³/mol. The fourth-order valence-corrected chi connectivity index (χ4v) is 1.98. The van der Waals surface area contributed by atoms with Gasteiger partial charge >= 0.3 is 0 Å². The van der Waals surface area contributed by atoms with Crippen LogP contribution in [0.4, 0.5) is 0 Å². The average molecular weight is 253 g/mol. The molecule has 0 aliphatic carbocycles. The van der Waals surface area contributed by atoms with Gasteiger partial charge in [0.25, 0.3) is 0 Å². The first-order chi connectivity index (χ1) is 8.42. The molecule has 0 aromatic carbocycles. The summed E-state index contributed by atoms with van der Waals surface area (Å²) < 4.78 is 1.98. The molecule has 0 aliphatic rings. The highest BCUT2D eigenvalue weighted by Crippen LogP contribution is 2.17. The first kappa shape index (κ1) is 15.1. The SMILES string of the molecule is CCCN(Cc1ncnn1C(C)C)C(C)(C)CN. The number of aromatic nitrogens is 3. The van der Waals surface area contributed by atoms with Gasteiger partial charge in [0.05, 0.1) is 6.54 Å². The summed E-state index contributed by atoms with van der Waals surface area (Å²) in [6.45, 7) is 13.3. The van der Waals surface area contributed by atoms with E-state index in [2.05, 4.69) is 49.6 Å². The van der Waals surface area contributed by atoms with Gasteiger partial charge in [-0.2, -0.15) is 5.10 Å². The minimum absolute atomic E-state index is 0.0101. The maximum absolute atomic E-state index is 5.88. The Hall–Kier alpha value is -0.940. The molecule has 104 valence electrons. The van der Waals surface area contributed by atoms with Crippen molar-refractivity contribution >= 4 is 0 Å². The molecular weight excluding hydrogens is 226 g/mol. The van der Waals surface area contributed by atoms with E-state index >= 15 is 0 Å². The maximum atomic E-state index is 5.88. The van der Waals surface area contributed by atoms with E-state index < -0.39 is 0 Å². The van der Waals surface area contributed by atoms with E-state index in [0.717, 1.165) is 25.3 Å². The second-order valence-corrected chi connectivity index (χ2v) is 5.65. The third kappa shape index (κ3) is 3.53. The first-order valence-electron chi connectivity index (χ1n) is 6.76. The Kier molecular flexibility index (Phi) is 5.28. The Morgan fingerprint density at radius 2 is 2.11 bits per heavy atom. The van der Waals surface area contributed by atoms with E-state index in [9.17, 15) is 0 Å². The molecule has 5 heteroatoms. The highest BCUT2D eigenvalue weighted by atomic mass is 15.4. The predicted octanol–water partition coefficient (Wildman–Crippen LogP) is 1.81. The van der Waals surface area contributed by atoms with Gasteiger partial charge in [0, 0.05) is 18.1 Å². The zero-order chi connectivity index (χ0) is 13.8. The average Bonchev–Trinajstić information content (AvgIpc) is 2.76. The minimum atomic E-state index is -0.0101. The fraction of sp³-hybridized carbons (Fsp3) is 0.846. The highest BCUT2D eigenvalue weighted by molar-refractivity contribution is 4.91. The Balaban J connectivity index is 2.86. The van der Waals surface area contributed by atoms with Crippen molar-refractivity contribution in [1.82, 2.24) is 19.7 Å². The van der Waals surface area contributed by atoms with Gasteiger partial charge in [-0.3, -0.25) is 4.90 Å². The minimum Gasteiger partial charge on any atom is -0.329 e. The summed E-state index contributed by atoms with van der Waals surface area (Å²) in [4.78, 5) is 6.76. The van der Waals surface area contributed by atoms with E-state index in [4.69, 9.17) is 5.73 Å². The monoisotopic (exact) mass is 253 g/mol. The van der Waals surface area contributed by atoms with E-state index in [1.807, 2.05) is 4.68 Å². The molecule has 0 spiro atoms. The molecule has 0 bridgehead atoms. The summed E-state index contributed by atoms with van der Waals surface area (Å²) in [6.07, 6.45) is 2.74. The molecule has 18 heavy (non-hydrogen) atoms. The summed E-state index contributed by atoms with van der Waals surface area (Å²) in [7, 11) is 0. The Labute approximate surface area is 110 Å². The number of nitrogens with zero attached hydrogens (tertiary/aromatic N) is 4. The molecule has 5 nitrogen and oxygen atoms in total. The van der Waals surface area contributed by atoms with Crippen LogP contribution in [0.5, 0.6) is 0 Å². The smallest absolute Gasteiger partial charge is 0.141 e. The van der Waals surface area contributed by atoms with Gasteiger partial charge in [-0.25, -0.2) is 9.67 Å². The highest BCUT2D eigenvalue weighted by Gasteiger charge is 2.26. The Bertz CT molecular complexity index is 356. The zero-order valence-electron chi connectivity index (χ0n) is 12.3. The van der Waals surface area contributed by atoms with E-state index in [1.165, 1.54) is 0 Å². The van der Waals surface area contributed by atoms with Crippen molar-refractivity contribution in [2.75, 3.05) is 13.1 Å². The Morgan fingerprint density at radius 3 is 2.61 bits per heavy atom. The summed E-state index contributed by atoms with van der Waals surface area (Å²) in [5.41, 5.74) is 5.87. The zero-order valence-corrected chi connectivity index (χ0v) is 12.3. The maximum Gasteiger partial charge on any atom is 0.141 e. The molecule has 0 unspecified atom stereocenters. The second kappa shape index (κ2) is 6.29. The molecular formula is C13H27N5. The molecule has 0 atom stereocenters. The lowest BCUT2D eigenvalue weighted by atomic mass is 10.0. The molecule has 0 radical (unpaired) electrons. The third-order valence-corrected chi connectivity index (χ3v) is 3.32. The number of nitrogens with two attached hydrogens (primary N) is 1. The lowest BCUT2D eigenvalue weighted by Crippen LogP contribution is -2.49. The van der Waals surface area contributed by atoms with Crippen LogP contribution in [0.15, 0.2) is 6.33 Å². The molecule has 0 saturated carbocycles. The van der Waals surface area contributed by atoms with Crippen LogP contribution < -0.4 is 5.73 Å². The van der Waals surface area contributed by atoms with Crippen molar-refractivity contribution in [3.63, 3.8) is 0 Å². The largest absolute Gasteiger partial charge is 0.329 e. The molecule has 0 aliphatic heterocycles. The first-order valence-corrected chi connectivity index (χ1v) is 6.76. The normalized spacial score (nSPS) is 12.7. The van der Waals surface area contributed by atoms with Crippen molar-refractivity contribution in [3.8, 4) is 0 Å². The van der Waals surface area contributed by atoms with Crippen LogP contribution in [0.1, 0.15) is 52.9 Å². The van der Waals surface area contributed by atoms with Gasteiger partial charge in [0.15, 0.2) is 0 Å². The number of hydrogen-bond acceptors (Lipinski definition) is 4. The second-order valence-electron chi connectivity index (χ2n) is 5.65. The number of rotatable bonds is 7. The van der Waals surface area contributed by atoms with Crippen LogP contribution in [0.2, 0.25) is 0 Å². The molecule has 0 amide bonds. The summed E-state index contributed by atoms with van der Waals surface area (Å²) in [6, 6.07) is 0.340. The molecule has 1 rings (SSSR count). The van der Waals surface area contributed by atoms with Crippen LogP contribution in [-0.4, -0.2) is 38.3 Å². The van der Waals surface area contributed by atoms with Crippen LogP contribution in [-0.2, 0) is 6.54 Å². The lowest BCUT2D eigenvalue weighted by Gasteiger charge is -2.37. The van der Waals surface area contributed by atoms with Crippen molar-refractivity contribution in [2.24, 2.45) is 5.73 Å². The molecule has 0 fully saturated rings. The lowest BCUT2D eigenvalue weighted by molar-refractivity contribution is 0.112. The fourth-order valence-electron chi connectivity index (χ4n) is 1.98. The van der Waals surface area contributed by atoms with Crippen LogP contribution in [0, 0.1) is 0 Å². The van der Waals surface area contributed by atoms with Gasteiger partial charge in [0.1, 0.15) is 12.2 Å². The standard InChI is InChI=1S/C13H27N5/c1-6-7-17(13(4,5)9-14)8-12-15-10-16-18(12)11(2)3/h10-11H,6-9,14H2,1-5H3. The van der Waals surface area contributed by atoms with E-state index in [1.54, 1.807) is 6.33 Å². The topological polar surface area (TPSA) is 60.0 Å². The van der Waals surface area contributed by atoms with E-state index in [-0.39, 0.29) is 5.54 Å². The van der Waals surface area contributed by atoms with Gasteiger partial charge in [-0.05, 0) is 40.7 Å². The van der Waals surface area contributed by atoms with Crippen LogP contribution in [0.25, 0.3) is 0 Å². The van der Waals surface area contributed by atoms with Gasteiger partial charge in [0.2, 0.25) is 0 Å². The third-order valence-electron chi connectivity index (χ3n) is 3.32. The van der Waals surface area contributed by atoms with Crippen LogP contribution >= 0.6 is 0 Å². The van der Waals surface area contributed by atoms with Crippen molar-refractivity contribution < 1.29 is 0 Å². The molecule has 1 aromatic heterocycles. The summed E-state index contributed by atoms with van der Waals surface area (Å²) in [5.74, 6) is 1.01. The quantitative estimate of drug-likeness (QED) is 0.805.